The highest BCUT2D eigenvalue weighted by molar-refractivity contribution is 6.74. The third-order valence-electron chi connectivity index (χ3n) is 7.91. The highest BCUT2D eigenvalue weighted by Gasteiger charge is 2.51. The molecule has 0 aromatic carbocycles. The first kappa shape index (κ1) is 31.3. The molecule has 0 radical (unpaired) electrons. The van der Waals surface area contributed by atoms with Gasteiger partial charge in [0.05, 0.1) is 6.10 Å². The Morgan fingerprint density at radius 3 is 2.06 bits per heavy atom. The molecule has 4 atom stereocenters. The van der Waals surface area contributed by atoms with Gasteiger partial charge in [-0.25, -0.2) is 0 Å². The fourth-order valence-corrected chi connectivity index (χ4v) is 8.80. The second kappa shape index (κ2) is 12.0. The van der Waals surface area contributed by atoms with Gasteiger partial charge < -0.3 is 18.3 Å². The predicted molar refractivity (Wildman–Crippen MR) is 150 cm³/mol. The van der Waals surface area contributed by atoms with Crippen molar-refractivity contribution in [3.8, 4) is 12.3 Å². The second-order valence-electron chi connectivity index (χ2n) is 11.7. The molecular formula is C28H52O4Si2. The van der Waals surface area contributed by atoms with Crippen LogP contribution in [0, 0.1) is 12.3 Å². The van der Waals surface area contributed by atoms with E-state index in [0.717, 1.165) is 31.0 Å². The molecule has 0 aromatic heterocycles. The lowest BCUT2D eigenvalue weighted by molar-refractivity contribution is -0.155. The molecule has 196 valence electrons. The number of rotatable bonds is 14. The number of allylic oxidation sites excluding steroid dienone is 1. The van der Waals surface area contributed by atoms with E-state index in [0.29, 0.717) is 6.42 Å². The maximum atomic E-state index is 7.10. The van der Waals surface area contributed by atoms with Crippen molar-refractivity contribution < 1.29 is 18.3 Å². The maximum absolute atomic E-state index is 7.10. The predicted octanol–water partition coefficient (Wildman–Crippen LogP) is 7.83. The Labute approximate surface area is 213 Å². The van der Waals surface area contributed by atoms with Crippen LogP contribution in [0.3, 0.4) is 0 Å². The molecule has 1 rings (SSSR count). The molecule has 1 saturated heterocycles. The lowest BCUT2D eigenvalue weighted by Gasteiger charge is -2.45. The monoisotopic (exact) mass is 508 g/mol. The van der Waals surface area contributed by atoms with Gasteiger partial charge in [0.15, 0.2) is 22.4 Å². The Balaban J connectivity index is 3.55. The molecule has 1 fully saturated rings. The van der Waals surface area contributed by atoms with Gasteiger partial charge in [-0.05, 0) is 63.0 Å². The quantitative estimate of drug-likeness (QED) is 0.136. The van der Waals surface area contributed by atoms with Gasteiger partial charge in [-0.2, -0.15) is 0 Å². The summed E-state index contributed by atoms with van der Waals surface area (Å²) in [5, 5.41) is 0.0411. The number of hydrogen-bond donors (Lipinski definition) is 0. The summed E-state index contributed by atoms with van der Waals surface area (Å²) in [5.41, 5.74) is -0.739. The van der Waals surface area contributed by atoms with Crippen molar-refractivity contribution in [2.45, 2.75) is 141 Å². The zero-order valence-corrected chi connectivity index (χ0v) is 25.8. The summed E-state index contributed by atoms with van der Waals surface area (Å²) in [4.78, 5) is 0. The van der Waals surface area contributed by atoms with E-state index in [1.165, 1.54) is 0 Å². The summed E-state index contributed by atoms with van der Waals surface area (Å²) in [6.45, 7) is 29.9. The molecule has 0 unspecified atom stereocenters. The minimum Gasteiger partial charge on any atom is -0.411 e. The molecule has 6 heteroatoms. The zero-order chi connectivity index (χ0) is 26.4. The van der Waals surface area contributed by atoms with E-state index < -0.39 is 28.0 Å². The number of hydrogen-bond acceptors (Lipinski definition) is 4. The van der Waals surface area contributed by atoms with Crippen LogP contribution in [0.5, 0.6) is 0 Å². The normalized spacial score (nSPS) is 23.7. The van der Waals surface area contributed by atoms with Gasteiger partial charge in [0.25, 0.3) is 0 Å². The molecule has 0 N–H and O–H groups in total. The molecular weight excluding hydrogens is 456 g/mol. The van der Waals surface area contributed by atoms with Crippen LogP contribution in [0.2, 0.25) is 36.3 Å². The average Bonchev–Trinajstić information content (AvgIpc) is 3.09. The number of terminal acetylenes is 1. The van der Waals surface area contributed by atoms with Crippen molar-refractivity contribution >= 4 is 16.6 Å². The van der Waals surface area contributed by atoms with E-state index in [1.807, 2.05) is 26.0 Å². The summed E-state index contributed by atoms with van der Waals surface area (Å²) in [6, 6.07) is 3.11. The van der Waals surface area contributed by atoms with Crippen LogP contribution in [0.4, 0.5) is 0 Å². The molecule has 0 saturated carbocycles. The van der Waals surface area contributed by atoms with Crippen LogP contribution < -0.4 is 0 Å². The minimum absolute atomic E-state index is 0.0411. The van der Waals surface area contributed by atoms with Crippen LogP contribution in [0.1, 0.15) is 74.7 Å². The highest BCUT2D eigenvalue weighted by atomic mass is 28.4. The molecule has 1 heterocycles. The Hall–Kier alpha value is -0.686. The first-order valence-electron chi connectivity index (χ1n) is 13.0. The molecule has 0 aromatic rings. The Bertz CT molecular complexity index is 707. The summed E-state index contributed by atoms with van der Waals surface area (Å²) < 4.78 is 26.8. The van der Waals surface area contributed by atoms with Gasteiger partial charge in [0.1, 0.15) is 17.8 Å². The van der Waals surface area contributed by atoms with Crippen molar-refractivity contribution in [3.63, 3.8) is 0 Å². The highest BCUT2D eigenvalue weighted by Crippen LogP contribution is 2.43. The van der Waals surface area contributed by atoms with Gasteiger partial charge >= 0.3 is 0 Å². The van der Waals surface area contributed by atoms with Crippen LogP contribution in [-0.4, -0.2) is 46.3 Å². The van der Waals surface area contributed by atoms with Crippen LogP contribution >= 0.6 is 0 Å². The van der Waals surface area contributed by atoms with Crippen molar-refractivity contribution in [2.24, 2.45) is 0 Å². The SMILES string of the molecule is C#C[C@](CCC=C)(C[C@H](O[Si](C)(C)C(C)(C)C)[C@@H]1OC(C)(C)O[C@@H]1C=C)O[Si](CC)(CC)CC. The molecule has 0 bridgehead atoms. The van der Waals surface area contributed by atoms with Gasteiger partial charge in [-0.3, -0.25) is 0 Å². The van der Waals surface area contributed by atoms with E-state index in [-0.39, 0.29) is 23.4 Å². The van der Waals surface area contributed by atoms with Crippen LogP contribution in [-0.2, 0) is 18.3 Å². The van der Waals surface area contributed by atoms with Gasteiger partial charge in [-0.15, -0.1) is 19.6 Å². The smallest absolute Gasteiger partial charge is 0.194 e. The van der Waals surface area contributed by atoms with E-state index >= 15 is 0 Å². The van der Waals surface area contributed by atoms with Gasteiger partial charge in [0, 0.05) is 6.42 Å². The van der Waals surface area contributed by atoms with Crippen molar-refractivity contribution in [3.05, 3.63) is 25.3 Å². The van der Waals surface area contributed by atoms with Gasteiger partial charge in [-0.1, -0.05) is 59.6 Å². The zero-order valence-electron chi connectivity index (χ0n) is 23.8. The first-order chi connectivity index (χ1) is 15.6. The van der Waals surface area contributed by atoms with Crippen LogP contribution in [0.15, 0.2) is 25.3 Å². The molecule has 0 aliphatic carbocycles. The van der Waals surface area contributed by atoms with E-state index in [4.69, 9.17) is 24.7 Å². The lowest BCUT2D eigenvalue weighted by atomic mass is 9.89. The number of ether oxygens (including phenoxy) is 2. The summed E-state index contributed by atoms with van der Waals surface area (Å²) in [5.74, 6) is 2.40. The second-order valence-corrected chi connectivity index (χ2v) is 21.2. The van der Waals surface area contributed by atoms with E-state index in [1.54, 1.807) is 0 Å². The molecule has 1 aliphatic rings. The third-order valence-corrected chi connectivity index (χ3v) is 17.1. The Kier molecular flexibility index (Phi) is 11.1. The fourth-order valence-electron chi connectivity index (χ4n) is 4.46. The largest absolute Gasteiger partial charge is 0.411 e. The van der Waals surface area contributed by atoms with Gasteiger partial charge in [0.2, 0.25) is 0 Å². The lowest BCUT2D eigenvalue weighted by Crippen LogP contribution is -2.54. The molecule has 34 heavy (non-hydrogen) atoms. The van der Waals surface area contributed by atoms with Crippen molar-refractivity contribution in [1.29, 1.82) is 0 Å². The summed E-state index contributed by atoms with van der Waals surface area (Å²) >= 11 is 0. The molecule has 4 nitrogen and oxygen atoms in total. The standard InChI is InChI=1S/C28H52O4Si2/c1-14-20-21-28(16-3,32-34(17-4,18-5)19-6)22-24(31-33(12,13)26(7,8)9)25-23(15-2)29-27(10,11)30-25/h3,14-15,23-25H,1-2,17-22H2,4-13H3/t23-,24+,25-,28+/m1/s1. The Morgan fingerprint density at radius 1 is 1.09 bits per heavy atom. The molecule has 0 amide bonds. The maximum Gasteiger partial charge on any atom is 0.194 e. The van der Waals surface area contributed by atoms with Crippen LogP contribution in [0.25, 0.3) is 0 Å². The Morgan fingerprint density at radius 2 is 1.65 bits per heavy atom. The fraction of sp³-hybridized carbons (Fsp3) is 0.786. The first-order valence-corrected chi connectivity index (χ1v) is 18.5. The van der Waals surface area contributed by atoms with E-state index in [2.05, 4.69) is 73.7 Å². The van der Waals surface area contributed by atoms with Crippen molar-refractivity contribution in [2.75, 3.05) is 0 Å². The van der Waals surface area contributed by atoms with E-state index in [9.17, 15) is 0 Å². The molecule has 0 spiro atoms. The van der Waals surface area contributed by atoms with Crippen molar-refractivity contribution in [1.82, 2.24) is 0 Å². The summed E-state index contributed by atoms with van der Waals surface area (Å²) in [6.07, 6.45) is 11.3. The summed E-state index contributed by atoms with van der Waals surface area (Å²) in [7, 11) is -4.15. The third kappa shape index (κ3) is 7.65. The topological polar surface area (TPSA) is 36.9 Å². The molecule has 1 aliphatic heterocycles. The minimum atomic E-state index is -2.15. The average molecular weight is 509 g/mol.